The average molecular weight is 417 g/mol. The molecule has 3 nitrogen and oxygen atoms in total. The lowest BCUT2D eigenvalue weighted by atomic mass is 9.84. The fourth-order valence-corrected chi connectivity index (χ4v) is 6.48. The molecular formula is C23H28O3S2. The summed E-state index contributed by atoms with van der Waals surface area (Å²) in [6.45, 7) is 0. The van der Waals surface area contributed by atoms with E-state index in [9.17, 15) is 13.2 Å². The van der Waals surface area contributed by atoms with E-state index < -0.39 is 26.8 Å². The first kappa shape index (κ1) is 21.1. The summed E-state index contributed by atoms with van der Waals surface area (Å²) < 4.78 is 25.7. The number of carbonyl (C=O) groups is 1. The monoisotopic (exact) mass is 416 g/mol. The number of rotatable bonds is 9. The first-order chi connectivity index (χ1) is 13.7. The molecule has 0 amide bonds. The van der Waals surface area contributed by atoms with E-state index in [0.717, 1.165) is 30.6 Å². The van der Waals surface area contributed by atoms with Crippen molar-refractivity contribution in [1.82, 2.24) is 0 Å². The molecule has 5 heteroatoms. The molecule has 2 aromatic rings. The number of hydrogen-bond donors (Lipinski definition) is 0. The molecule has 3 rings (SSSR count). The van der Waals surface area contributed by atoms with Crippen molar-refractivity contribution in [3.8, 4) is 0 Å². The lowest BCUT2D eigenvalue weighted by molar-refractivity contribution is -0.123. The van der Waals surface area contributed by atoms with E-state index in [0.29, 0.717) is 23.5 Å². The van der Waals surface area contributed by atoms with E-state index in [1.54, 1.807) is 0 Å². The molecule has 0 aliphatic heterocycles. The second-order valence-corrected chi connectivity index (χ2v) is 10.5. The van der Waals surface area contributed by atoms with Crippen molar-refractivity contribution in [2.45, 2.75) is 60.0 Å². The molecule has 2 aromatic carbocycles. The van der Waals surface area contributed by atoms with Crippen molar-refractivity contribution in [1.29, 1.82) is 0 Å². The molecule has 3 atom stereocenters. The van der Waals surface area contributed by atoms with Crippen molar-refractivity contribution in [3.05, 3.63) is 60.7 Å². The standard InChI is InChI=1S/C23H28O3S2/c24-23(19-11-4-1-5-12-19)22(28(26)21-15-8-3-9-16-21)17-10-18-27(25)20-13-6-2-7-14-20/h2-3,6-9,13-16,19,22H,1,4-5,10-12,17-18H2. The Morgan fingerprint density at radius 2 is 1.43 bits per heavy atom. The van der Waals surface area contributed by atoms with Crippen LogP contribution in [0.2, 0.25) is 0 Å². The van der Waals surface area contributed by atoms with Crippen molar-refractivity contribution in [2.24, 2.45) is 5.92 Å². The second kappa shape index (κ2) is 10.8. The largest absolute Gasteiger partial charge is 0.298 e. The van der Waals surface area contributed by atoms with Crippen LogP contribution in [0.25, 0.3) is 0 Å². The highest BCUT2D eigenvalue weighted by Crippen LogP contribution is 2.29. The summed E-state index contributed by atoms with van der Waals surface area (Å²) in [5.74, 6) is 0.670. The molecule has 0 aromatic heterocycles. The van der Waals surface area contributed by atoms with Gasteiger partial charge < -0.3 is 0 Å². The summed E-state index contributed by atoms with van der Waals surface area (Å²) in [5.41, 5.74) is 0. The topological polar surface area (TPSA) is 51.2 Å². The Kier molecular flexibility index (Phi) is 8.16. The third-order valence-electron chi connectivity index (χ3n) is 5.36. The summed E-state index contributed by atoms with van der Waals surface area (Å²) in [7, 11) is -2.45. The molecular weight excluding hydrogens is 388 g/mol. The molecule has 0 radical (unpaired) electrons. The normalized spacial score (nSPS) is 18.3. The lowest BCUT2D eigenvalue weighted by Gasteiger charge is -2.25. The SMILES string of the molecule is O=C(C1CCCCC1)C(CCCS(=O)c1ccccc1)S(=O)c1ccccc1. The van der Waals surface area contributed by atoms with Gasteiger partial charge >= 0.3 is 0 Å². The Morgan fingerprint density at radius 3 is 2.04 bits per heavy atom. The van der Waals surface area contributed by atoms with Gasteiger partial charge in [0, 0.05) is 21.5 Å². The van der Waals surface area contributed by atoms with Crippen LogP contribution in [0.3, 0.4) is 0 Å². The minimum Gasteiger partial charge on any atom is -0.298 e. The van der Waals surface area contributed by atoms with Gasteiger partial charge in [-0.05, 0) is 49.9 Å². The molecule has 0 bridgehead atoms. The van der Waals surface area contributed by atoms with E-state index in [1.165, 1.54) is 6.42 Å². The molecule has 0 spiro atoms. The molecule has 1 saturated carbocycles. The van der Waals surface area contributed by atoms with Crippen LogP contribution in [0.1, 0.15) is 44.9 Å². The van der Waals surface area contributed by atoms with Gasteiger partial charge in [-0.25, -0.2) is 0 Å². The van der Waals surface area contributed by atoms with E-state index in [4.69, 9.17) is 0 Å². The highest BCUT2D eigenvalue weighted by atomic mass is 32.2. The Bertz CT molecular complexity index is 799. The van der Waals surface area contributed by atoms with Crippen LogP contribution in [0.5, 0.6) is 0 Å². The van der Waals surface area contributed by atoms with Crippen LogP contribution in [-0.4, -0.2) is 25.2 Å². The quantitative estimate of drug-likeness (QED) is 0.584. The zero-order chi connectivity index (χ0) is 19.8. The van der Waals surface area contributed by atoms with Crippen LogP contribution in [0, 0.1) is 5.92 Å². The van der Waals surface area contributed by atoms with Crippen LogP contribution >= 0.6 is 0 Å². The van der Waals surface area contributed by atoms with Gasteiger partial charge in [0.05, 0.1) is 26.8 Å². The van der Waals surface area contributed by atoms with Crippen molar-refractivity contribution in [2.75, 3.05) is 5.75 Å². The van der Waals surface area contributed by atoms with Crippen LogP contribution < -0.4 is 0 Å². The lowest BCUT2D eigenvalue weighted by Crippen LogP contribution is -2.33. The minimum atomic E-state index is -1.36. The molecule has 0 N–H and O–H groups in total. The predicted octanol–water partition coefficient (Wildman–Crippen LogP) is 4.90. The van der Waals surface area contributed by atoms with Gasteiger partial charge in [-0.1, -0.05) is 55.7 Å². The summed E-state index contributed by atoms with van der Waals surface area (Å²) in [6.07, 6.45) is 6.33. The fourth-order valence-electron chi connectivity index (χ4n) is 3.81. The molecule has 0 heterocycles. The summed E-state index contributed by atoms with van der Waals surface area (Å²) in [5, 5.41) is -0.502. The first-order valence-electron chi connectivity index (χ1n) is 10.1. The Labute approximate surface area is 172 Å². The van der Waals surface area contributed by atoms with E-state index in [1.807, 2.05) is 60.7 Å². The predicted molar refractivity (Wildman–Crippen MR) is 115 cm³/mol. The number of carbonyl (C=O) groups excluding carboxylic acids is 1. The van der Waals surface area contributed by atoms with Gasteiger partial charge in [0.15, 0.2) is 5.78 Å². The molecule has 1 aliphatic rings. The molecule has 1 fully saturated rings. The molecule has 150 valence electrons. The van der Waals surface area contributed by atoms with Crippen LogP contribution in [-0.2, 0) is 26.4 Å². The zero-order valence-corrected chi connectivity index (χ0v) is 17.8. The van der Waals surface area contributed by atoms with Gasteiger partial charge in [0.25, 0.3) is 0 Å². The fraction of sp³-hybridized carbons (Fsp3) is 0.435. The van der Waals surface area contributed by atoms with Crippen molar-refractivity contribution >= 4 is 27.4 Å². The first-order valence-corrected chi connectivity index (χ1v) is 12.6. The van der Waals surface area contributed by atoms with Crippen LogP contribution in [0.4, 0.5) is 0 Å². The van der Waals surface area contributed by atoms with Gasteiger partial charge in [0.1, 0.15) is 0 Å². The van der Waals surface area contributed by atoms with Gasteiger partial charge in [-0.2, -0.15) is 0 Å². The summed E-state index contributed by atoms with van der Waals surface area (Å²) in [4.78, 5) is 14.7. The third kappa shape index (κ3) is 5.71. The number of Topliss-reactive ketones (excluding diaryl/α,β-unsaturated/α-hetero) is 1. The van der Waals surface area contributed by atoms with Crippen molar-refractivity contribution in [3.63, 3.8) is 0 Å². The van der Waals surface area contributed by atoms with Gasteiger partial charge in [-0.3, -0.25) is 13.2 Å². The molecule has 28 heavy (non-hydrogen) atoms. The van der Waals surface area contributed by atoms with E-state index in [-0.39, 0.29) is 11.7 Å². The maximum Gasteiger partial charge on any atom is 0.151 e. The number of benzene rings is 2. The third-order valence-corrected chi connectivity index (χ3v) is 8.54. The maximum absolute atomic E-state index is 13.2. The second-order valence-electron chi connectivity index (χ2n) is 7.34. The highest BCUT2D eigenvalue weighted by Gasteiger charge is 2.32. The minimum absolute atomic E-state index is 0.0334. The smallest absolute Gasteiger partial charge is 0.151 e. The molecule has 1 aliphatic carbocycles. The summed E-state index contributed by atoms with van der Waals surface area (Å²) >= 11 is 0. The van der Waals surface area contributed by atoms with Gasteiger partial charge in [0.2, 0.25) is 0 Å². The number of ketones is 1. The van der Waals surface area contributed by atoms with Gasteiger partial charge in [-0.15, -0.1) is 0 Å². The average Bonchev–Trinajstić information content (AvgIpc) is 2.77. The zero-order valence-electron chi connectivity index (χ0n) is 16.1. The Hall–Kier alpha value is -1.59. The van der Waals surface area contributed by atoms with E-state index in [2.05, 4.69) is 0 Å². The molecule has 3 unspecified atom stereocenters. The Morgan fingerprint density at radius 1 is 0.857 bits per heavy atom. The van der Waals surface area contributed by atoms with E-state index >= 15 is 0 Å². The summed E-state index contributed by atoms with van der Waals surface area (Å²) in [6, 6.07) is 18.7. The van der Waals surface area contributed by atoms with Crippen molar-refractivity contribution < 1.29 is 13.2 Å². The number of hydrogen-bond acceptors (Lipinski definition) is 3. The maximum atomic E-state index is 13.2. The van der Waals surface area contributed by atoms with Crippen LogP contribution in [0.15, 0.2) is 70.5 Å². The molecule has 0 saturated heterocycles. The highest BCUT2D eigenvalue weighted by molar-refractivity contribution is 7.86. The Balaban J connectivity index is 1.67.